The van der Waals surface area contributed by atoms with Crippen LogP contribution in [-0.2, 0) is 16.0 Å². The van der Waals surface area contributed by atoms with Gasteiger partial charge in [-0.1, -0.05) is 32.0 Å². The number of aldehydes is 1. The van der Waals surface area contributed by atoms with Gasteiger partial charge in [0.25, 0.3) is 0 Å². The molecule has 1 atom stereocenters. The molecule has 1 aromatic rings. The van der Waals surface area contributed by atoms with E-state index in [1.54, 1.807) is 14.2 Å². The highest BCUT2D eigenvalue weighted by molar-refractivity contribution is 5.79. The molecule has 23 heavy (non-hydrogen) atoms. The van der Waals surface area contributed by atoms with Gasteiger partial charge in [-0.3, -0.25) is 4.79 Å². The molecule has 0 heterocycles. The smallest absolute Gasteiger partial charge is 0.157 e. The van der Waals surface area contributed by atoms with E-state index in [2.05, 4.69) is 19.2 Å². The molecule has 1 rings (SSSR count). The Morgan fingerprint density at radius 2 is 1.87 bits per heavy atom. The zero-order chi connectivity index (χ0) is 17.2. The van der Waals surface area contributed by atoms with Gasteiger partial charge in [0.05, 0.1) is 0 Å². The molecular formula is C19H31NO3. The molecule has 0 bridgehead atoms. The summed E-state index contributed by atoms with van der Waals surface area (Å²) >= 11 is 0. The standard InChI is InChI=1S/C19H31NO3/c1-14(2)9-16(10-19(22-4)23-5)11-20-12-17-8-6-7-15(3)18(17)13-21/h6-8,13-14,16,19-20H,9-12H2,1-5H3/t16-/m0/s1. The Bertz CT molecular complexity index is 470. The van der Waals surface area contributed by atoms with E-state index >= 15 is 0 Å². The number of ether oxygens (including phenoxy) is 2. The maximum absolute atomic E-state index is 11.3. The first-order chi connectivity index (χ1) is 11.0. The summed E-state index contributed by atoms with van der Waals surface area (Å²) < 4.78 is 10.7. The van der Waals surface area contributed by atoms with Crippen LogP contribution in [0, 0.1) is 18.8 Å². The summed E-state index contributed by atoms with van der Waals surface area (Å²) in [6.45, 7) is 8.01. The van der Waals surface area contributed by atoms with Crippen LogP contribution in [-0.4, -0.2) is 33.3 Å². The van der Waals surface area contributed by atoms with E-state index in [4.69, 9.17) is 9.47 Å². The van der Waals surface area contributed by atoms with E-state index in [1.807, 2.05) is 25.1 Å². The van der Waals surface area contributed by atoms with Crippen molar-refractivity contribution in [1.82, 2.24) is 5.32 Å². The summed E-state index contributed by atoms with van der Waals surface area (Å²) in [6.07, 6.45) is 2.77. The Balaban J connectivity index is 2.61. The van der Waals surface area contributed by atoms with Crippen molar-refractivity contribution < 1.29 is 14.3 Å². The third kappa shape index (κ3) is 6.81. The van der Waals surface area contributed by atoms with Gasteiger partial charge in [0.15, 0.2) is 12.6 Å². The summed E-state index contributed by atoms with van der Waals surface area (Å²) in [6, 6.07) is 5.97. The SMILES string of the molecule is COC(C[C@@H](CNCc1cccc(C)c1C=O)CC(C)C)OC. The van der Waals surface area contributed by atoms with E-state index < -0.39 is 0 Å². The van der Waals surface area contributed by atoms with Gasteiger partial charge in [-0.25, -0.2) is 0 Å². The molecule has 0 unspecified atom stereocenters. The lowest BCUT2D eigenvalue weighted by atomic mass is 9.93. The molecule has 0 aliphatic rings. The lowest BCUT2D eigenvalue weighted by molar-refractivity contribution is -0.114. The second-order valence-electron chi connectivity index (χ2n) is 6.53. The van der Waals surface area contributed by atoms with Crippen molar-refractivity contribution in [2.75, 3.05) is 20.8 Å². The first-order valence-electron chi connectivity index (χ1n) is 8.31. The van der Waals surface area contributed by atoms with Gasteiger partial charge in [-0.05, 0) is 42.9 Å². The fraction of sp³-hybridized carbons (Fsp3) is 0.632. The van der Waals surface area contributed by atoms with Crippen LogP contribution in [0.15, 0.2) is 18.2 Å². The van der Waals surface area contributed by atoms with Crippen molar-refractivity contribution in [1.29, 1.82) is 0 Å². The Hall–Kier alpha value is -1.23. The van der Waals surface area contributed by atoms with Crippen LogP contribution in [0.4, 0.5) is 0 Å². The Labute approximate surface area is 140 Å². The fourth-order valence-electron chi connectivity index (χ4n) is 2.97. The molecule has 0 aromatic heterocycles. The van der Waals surface area contributed by atoms with Crippen molar-refractivity contribution in [3.63, 3.8) is 0 Å². The second-order valence-corrected chi connectivity index (χ2v) is 6.53. The average molecular weight is 321 g/mol. The first-order valence-corrected chi connectivity index (χ1v) is 8.31. The molecule has 0 fully saturated rings. The zero-order valence-electron chi connectivity index (χ0n) is 15.1. The maximum Gasteiger partial charge on any atom is 0.157 e. The topological polar surface area (TPSA) is 47.6 Å². The molecule has 0 saturated heterocycles. The van der Waals surface area contributed by atoms with Gasteiger partial charge in [-0.15, -0.1) is 0 Å². The van der Waals surface area contributed by atoms with Gasteiger partial charge in [0.2, 0.25) is 0 Å². The molecule has 0 radical (unpaired) electrons. The molecule has 0 aliphatic carbocycles. The molecule has 0 aliphatic heterocycles. The molecule has 0 amide bonds. The summed E-state index contributed by atoms with van der Waals surface area (Å²) in [7, 11) is 3.36. The molecular weight excluding hydrogens is 290 g/mol. The average Bonchev–Trinajstić information content (AvgIpc) is 2.52. The van der Waals surface area contributed by atoms with Crippen molar-refractivity contribution in [3.8, 4) is 0 Å². The number of hydrogen-bond acceptors (Lipinski definition) is 4. The minimum atomic E-state index is -0.162. The van der Waals surface area contributed by atoms with Crippen molar-refractivity contribution in [3.05, 3.63) is 34.9 Å². The van der Waals surface area contributed by atoms with Crippen LogP contribution in [0.1, 0.15) is 48.2 Å². The minimum absolute atomic E-state index is 0.162. The van der Waals surface area contributed by atoms with E-state index in [9.17, 15) is 4.79 Å². The largest absolute Gasteiger partial charge is 0.356 e. The van der Waals surface area contributed by atoms with Gasteiger partial charge >= 0.3 is 0 Å². The van der Waals surface area contributed by atoms with Gasteiger partial charge < -0.3 is 14.8 Å². The fourth-order valence-corrected chi connectivity index (χ4v) is 2.97. The summed E-state index contributed by atoms with van der Waals surface area (Å²) in [5.74, 6) is 1.10. The molecule has 0 spiro atoms. The summed E-state index contributed by atoms with van der Waals surface area (Å²) in [5, 5.41) is 3.49. The Morgan fingerprint density at radius 1 is 1.17 bits per heavy atom. The third-order valence-electron chi connectivity index (χ3n) is 4.14. The summed E-state index contributed by atoms with van der Waals surface area (Å²) in [5.41, 5.74) is 2.88. The first kappa shape index (κ1) is 19.8. The van der Waals surface area contributed by atoms with Gasteiger partial charge in [0, 0.05) is 32.7 Å². The Kier molecular flexibility index (Phi) is 9.07. The van der Waals surface area contributed by atoms with E-state index in [-0.39, 0.29) is 6.29 Å². The molecule has 1 N–H and O–H groups in total. The number of hydrogen-bond donors (Lipinski definition) is 1. The lowest BCUT2D eigenvalue weighted by Gasteiger charge is -2.24. The molecule has 4 nitrogen and oxygen atoms in total. The predicted octanol–water partition coefficient (Wildman–Crippen LogP) is 3.57. The van der Waals surface area contributed by atoms with Gasteiger partial charge in [0.1, 0.15) is 0 Å². The quantitative estimate of drug-likeness (QED) is 0.500. The number of carbonyl (C=O) groups is 1. The summed E-state index contributed by atoms with van der Waals surface area (Å²) in [4.78, 5) is 11.3. The number of benzene rings is 1. The highest BCUT2D eigenvalue weighted by atomic mass is 16.7. The Morgan fingerprint density at radius 3 is 2.43 bits per heavy atom. The number of carbonyl (C=O) groups excluding carboxylic acids is 1. The van der Waals surface area contributed by atoms with Crippen LogP contribution in [0.2, 0.25) is 0 Å². The number of methoxy groups -OCH3 is 2. The highest BCUT2D eigenvalue weighted by Gasteiger charge is 2.17. The molecule has 4 heteroatoms. The monoisotopic (exact) mass is 321 g/mol. The van der Waals surface area contributed by atoms with Crippen LogP contribution < -0.4 is 5.32 Å². The molecule has 130 valence electrons. The van der Waals surface area contributed by atoms with Crippen molar-refractivity contribution in [2.45, 2.75) is 46.4 Å². The highest BCUT2D eigenvalue weighted by Crippen LogP contribution is 2.19. The lowest BCUT2D eigenvalue weighted by Crippen LogP contribution is -2.28. The van der Waals surface area contributed by atoms with Crippen LogP contribution in [0.25, 0.3) is 0 Å². The van der Waals surface area contributed by atoms with Crippen LogP contribution in [0.5, 0.6) is 0 Å². The van der Waals surface area contributed by atoms with E-state index in [0.29, 0.717) is 18.4 Å². The number of rotatable bonds is 11. The van der Waals surface area contributed by atoms with Crippen molar-refractivity contribution >= 4 is 6.29 Å². The maximum atomic E-state index is 11.3. The predicted molar refractivity (Wildman–Crippen MR) is 93.6 cm³/mol. The molecule has 1 aromatic carbocycles. The minimum Gasteiger partial charge on any atom is -0.356 e. The van der Waals surface area contributed by atoms with Crippen LogP contribution >= 0.6 is 0 Å². The second kappa shape index (κ2) is 10.5. The third-order valence-corrected chi connectivity index (χ3v) is 4.14. The van der Waals surface area contributed by atoms with Gasteiger partial charge in [-0.2, -0.15) is 0 Å². The van der Waals surface area contributed by atoms with Crippen molar-refractivity contribution in [2.24, 2.45) is 11.8 Å². The molecule has 0 saturated carbocycles. The van der Waals surface area contributed by atoms with E-state index in [0.717, 1.165) is 42.4 Å². The zero-order valence-corrected chi connectivity index (χ0v) is 15.1. The number of aryl methyl sites for hydroxylation is 1. The van der Waals surface area contributed by atoms with Crippen LogP contribution in [0.3, 0.4) is 0 Å². The normalized spacial score (nSPS) is 12.8. The number of nitrogens with one attached hydrogen (secondary N) is 1. The van der Waals surface area contributed by atoms with E-state index in [1.165, 1.54) is 0 Å².